The van der Waals surface area contributed by atoms with Crippen molar-refractivity contribution in [1.29, 1.82) is 0 Å². The lowest BCUT2D eigenvalue weighted by molar-refractivity contribution is -0.134. The van der Waals surface area contributed by atoms with Crippen molar-refractivity contribution in [2.45, 2.75) is 43.7 Å². The number of amides is 2. The number of carbonyl (C=O) groups excluding carboxylic acids is 2. The smallest absolute Gasteiger partial charge is 0.264 e. The van der Waals surface area contributed by atoms with Crippen LogP contribution in [0.5, 0.6) is 5.88 Å². The SMILES string of the molecule is Cc1cccc(C)c1-c1cc2nc(n1)NS(=O)(=O)c1cccc(c1)C(=O)NC1(CCN(C(=O)Cc3ccccc3)CC1)O2. The van der Waals surface area contributed by atoms with Crippen LogP contribution >= 0.6 is 0 Å². The molecule has 6 rings (SSSR count). The van der Waals surface area contributed by atoms with E-state index in [4.69, 9.17) is 4.74 Å². The topological polar surface area (TPSA) is 131 Å². The number of sulfonamides is 1. The van der Waals surface area contributed by atoms with Gasteiger partial charge in [0.25, 0.3) is 15.9 Å². The van der Waals surface area contributed by atoms with Crippen LogP contribution in [0, 0.1) is 13.8 Å². The Morgan fingerprint density at radius 1 is 0.930 bits per heavy atom. The van der Waals surface area contributed by atoms with Crippen molar-refractivity contribution in [1.82, 2.24) is 20.2 Å². The molecular weight excluding hydrogens is 566 g/mol. The monoisotopic (exact) mass is 597 g/mol. The van der Waals surface area contributed by atoms with Crippen LogP contribution in [-0.4, -0.2) is 53.9 Å². The normalized spacial score (nSPS) is 17.1. The molecule has 2 amide bonds. The van der Waals surface area contributed by atoms with Gasteiger partial charge in [-0.1, -0.05) is 54.6 Å². The van der Waals surface area contributed by atoms with Crippen molar-refractivity contribution in [3.05, 3.63) is 101 Å². The standard InChI is InChI=1S/C32H31N5O5S/c1-21-8-6-9-22(2)29(21)26-20-27-34-31(33-26)36-43(40,41)25-13-7-12-24(19-25)30(39)35-32(42-27)14-16-37(17-15-32)28(38)18-23-10-4-3-5-11-23/h3-13,19-20H,14-18H2,1-2H3,(H,35,39)(H,33,34,36). The molecule has 1 saturated heterocycles. The van der Waals surface area contributed by atoms with E-state index in [1.54, 1.807) is 17.0 Å². The molecule has 220 valence electrons. The summed E-state index contributed by atoms with van der Waals surface area (Å²) in [6.45, 7) is 4.59. The maximum absolute atomic E-state index is 13.5. The predicted octanol–water partition coefficient (Wildman–Crippen LogP) is 4.24. The number of carbonyl (C=O) groups is 2. The second-order valence-corrected chi connectivity index (χ2v) is 12.6. The van der Waals surface area contributed by atoms with E-state index < -0.39 is 21.7 Å². The number of likely N-dealkylation sites (tertiary alicyclic amines) is 1. The van der Waals surface area contributed by atoms with Crippen LogP contribution in [0.25, 0.3) is 11.3 Å². The molecule has 0 atom stereocenters. The summed E-state index contributed by atoms with van der Waals surface area (Å²) in [5, 5.41) is 3.01. The number of aromatic nitrogens is 2. The van der Waals surface area contributed by atoms with Gasteiger partial charge in [-0.2, -0.15) is 4.98 Å². The first-order chi connectivity index (χ1) is 20.6. The lowest BCUT2D eigenvalue weighted by Gasteiger charge is -2.42. The molecule has 11 heteroatoms. The summed E-state index contributed by atoms with van der Waals surface area (Å²) in [6, 6.07) is 22.8. The maximum Gasteiger partial charge on any atom is 0.264 e. The minimum absolute atomic E-state index is 0.00993. The number of hydrogen-bond donors (Lipinski definition) is 2. The molecule has 1 fully saturated rings. The van der Waals surface area contributed by atoms with Gasteiger partial charge in [0.2, 0.25) is 17.7 Å². The number of benzene rings is 3. The number of piperidine rings is 1. The van der Waals surface area contributed by atoms with Gasteiger partial charge in [-0.3, -0.25) is 9.59 Å². The summed E-state index contributed by atoms with van der Waals surface area (Å²) in [4.78, 5) is 37.3. The third-order valence-corrected chi connectivity index (χ3v) is 9.16. The molecule has 0 aliphatic carbocycles. The summed E-state index contributed by atoms with van der Waals surface area (Å²) in [5.41, 5.74) is 3.07. The number of fused-ring (bicyclic) bond motifs is 4. The average molecular weight is 598 g/mol. The molecule has 3 aromatic carbocycles. The molecular formula is C32H31N5O5S. The average Bonchev–Trinajstić information content (AvgIpc) is 2.97. The third-order valence-electron chi connectivity index (χ3n) is 7.84. The molecule has 4 bridgehead atoms. The van der Waals surface area contributed by atoms with Crippen molar-refractivity contribution >= 4 is 27.8 Å². The second-order valence-electron chi connectivity index (χ2n) is 10.9. The molecule has 2 N–H and O–H groups in total. The number of nitrogens with one attached hydrogen (secondary N) is 2. The fourth-order valence-corrected chi connectivity index (χ4v) is 6.57. The Hall–Kier alpha value is -4.77. The number of ether oxygens (including phenoxy) is 1. The van der Waals surface area contributed by atoms with E-state index in [1.165, 1.54) is 18.2 Å². The summed E-state index contributed by atoms with van der Waals surface area (Å²) in [7, 11) is -4.12. The Morgan fingerprint density at radius 2 is 1.63 bits per heavy atom. The second kappa shape index (κ2) is 11.1. The van der Waals surface area contributed by atoms with E-state index in [9.17, 15) is 18.0 Å². The minimum Gasteiger partial charge on any atom is -0.451 e. The highest BCUT2D eigenvalue weighted by Crippen LogP contribution is 2.33. The molecule has 43 heavy (non-hydrogen) atoms. The number of rotatable bonds is 3. The first-order valence-corrected chi connectivity index (χ1v) is 15.5. The van der Waals surface area contributed by atoms with Crippen molar-refractivity contribution in [2.24, 2.45) is 0 Å². The Labute approximate surface area is 250 Å². The van der Waals surface area contributed by atoms with Crippen LogP contribution < -0.4 is 14.8 Å². The number of anilines is 1. The Balaban J connectivity index is 1.39. The first-order valence-electron chi connectivity index (χ1n) is 14.0. The van der Waals surface area contributed by atoms with Gasteiger partial charge in [-0.05, 0) is 48.7 Å². The van der Waals surface area contributed by atoms with Crippen molar-refractivity contribution in [3.8, 4) is 17.1 Å². The zero-order valence-corrected chi connectivity index (χ0v) is 24.6. The highest BCUT2D eigenvalue weighted by molar-refractivity contribution is 7.92. The van der Waals surface area contributed by atoms with Crippen LogP contribution in [0.1, 0.15) is 39.9 Å². The van der Waals surface area contributed by atoms with E-state index >= 15 is 0 Å². The lowest BCUT2D eigenvalue weighted by Crippen LogP contribution is -2.59. The lowest BCUT2D eigenvalue weighted by atomic mass is 9.98. The van der Waals surface area contributed by atoms with E-state index in [0.717, 1.165) is 22.3 Å². The number of hydrogen-bond acceptors (Lipinski definition) is 7. The van der Waals surface area contributed by atoms with E-state index in [2.05, 4.69) is 20.0 Å². The third kappa shape index (κ3) is 5.94. The molecule has 3 heterocycles. The Bertz CT molecular complexity index is 1800. The van der Waals surface area contributed by atoms with Crippen molar-refractivity contribution in [3.63, 3.8) is 0 Å². The van der Waals surface area contributed by atoms with Gasteiger partial charge in [0.15, 0.2) is 5.72 Å². The molecule has 10 nitrogen and oxygen atoms in total. The predicted molar refractivity (Wildman–Crippen MR) is 161 cm³/mol. The molecule has 2 aliphatic heterocycles. The van der Waals surface area contributed by atoms with Crippen LogP contribution in [-0.2, 0) is 21.2 Å². The summed E-state index contributed by atoms with van der Waals surface area (Å²) in [5.74, 6) is -0.563. The van der Waals surface area contributed by atoms with Crippen LogP contribution in [0.3, 0.4) is 0 Å². The zero-order chi connectivity index (χ0) is 30.2. The van der Waals surface area contributed by atoms with Crippen LogP contribution in [0.4, 0.5) is 5.95 Å². The Morgan fingerprint density at radius 3 is 2.35 bits per heavy atom. The van der Waals surface area contributed by atoms with E-state index in [1.807, 2.05) is 62.4 Å². The van der Waals surface area contributed by atoms with Crippen LogP contribution in [0.15, 0.2) is 83.8 Å². The van der Waals surface area contributed by atoms with Gasteiger partial charge < -0.3 is 15.0 Å². The van der Waals surface area contributed by atoms with Crippen LogP contribution in [0.2, 0.25) is 0 Å². The first kappa shape index (κ1) is 28.4. The van der Waals surface area contributed by atoms with E-state index in [0.29, 0.717) is 31.6 Å². The van der Waals surface area contributed by atoms with Gasteiger partial charge in [0.05, 0.1) is 17.0 Å². The highest BCUT2D eigenvalue weighted by atomic mass is 32.2. The summed E-state index contributed by atoms with van der Waals surface area (Å²) < 4.78 is 35.6. The van der Waals surface area contributed by atoms with Crippen molar-refractivity contribution < 1.29 is 22.7 Å². The number of aryl methyl sites for hydroxylation is 2. The van der Waals surface area contributed by atoms with Gasteiger partial charge >= 0.3 is 0 Å². The van der Waals surface area contributed by atoms with Gasteiger partial charge in [0.1, 0.15) is 0 Å². The fraction of sp³-hybridized carbons (Fsp3) is 0.250. The molecule has 2 aliphatic rings. The largest absolute Gasteiger partial charge is 0.451 e. The molecule has 1 spiro atoms. The minimum atomic E-state index is -4.12. The van der Waals surface area contributed by atoms with E-state index in [-0.39, 0.29) is 34.6 Å². The Kier molecular flexibility index (Phi) is 7.35. The fourth-order valence-electron chi connectivity index (χ4n) is 5.58. The highest BCUT2D eigenvalue weighted by Gasteiger charge is 2.41. The quantitative estimate of drug-likeness (QED) is 0.361. The molecule has 0 radical (unpaired) electrons. The van der Waals surface area contributed by atoms with Gasteiger partial charge in [-0.25, -0.2) is 18.1 Å². The van der Waals surface area contributed by atoms with Crippen molar-refractivity contribution in [2.75, 3.05) is 17.8 Å². The zero-order valence-electron chi connectivity index (χ0n) is 23.8. The van der Waals surface area contributed by atoms with Gasteiger partial charge in [-0.15, -0.1) is 0 Å². The van der Waals surface area contributed by atoms with Gasteiger partial charge in [0, 0.05) is 43.1 Å². The maximum atomic E-state index is 13.5. The molecule has 1 aromatic heterocycles. The summed E-state index contributed by atoms with van der Waals surface area (Å²) in [6.07, 6.45) is 0.869. The molecule has 0 saturated carbocycles. The summed E-state index contributed by atoms with van der Waals surface area (Å²) >= 11 is 0. The number of nitrogens with zero attached hydrogens (tertiary/aromatic N) is 3. The molecule has 4 aromatic rings. The molecule has 0 unspecified atom stereocenters.